The molecule has 0 radical (unpaired) electrons. The van der Waals surface area contributed by atoms with Crippen LogP contribution in [-0.4, -0.2) is 54.4 Å². The van der Waals surface area contributed by atoms with Gasteiger partial charge in [-0.25, -0.2) is 4.79 Å². The van der Waals surface area contributed by atoms with E-state index in [4.69, 9.17) is 9.84 Å². The summed E-state index contributed by atoms with van der Waals surface area (Å²) in [6.07, 6.45) is 2.80. The van der Waals surface area contributed by atoms with Crippen molar-refractivity contribution in [3.63, 3.8) is 0 Å². The van der Waals surface area contributed by atoms with Crippen LogP contribution in [0.25, 0.3) is 0 Å². The maximum absolute atomic E-state index is 10.9. The van der Waals surface area contributed by atoms with E-state index < -0.39 is 5.97 Å². The average Bonchev–Trinajstić information content (AvgIpc) is 2.73. The first kappa shape index (κ1) is 13.1. The number of rotatable bonds is 5. The summed E-state index contributed by atoms with van der Waals surface area (Å²) >= 11 is 0. The predicted octanol–water partition coefficient (Wildman–Crippen LogP) is 0.672. The highest BCUT2D eigenvalue weighted by Gasteiger charge is 2.27. The van der Waals surface area contributed by atoms with Gasteiger partial charge in [-0.2, -0.15) is 0 Å². The van der Waals surface area contributed by atoms with Gasteiger partial charge in [0.25, 0.3) is 0 Å². The number of hydrogen-bond donors (Lipinski definition) is 2. The molecule has 2 rings (SSSR count). The molecule has 6 nitrogen and oxygen atoms in total. The van der Waals surface area contributed by atoms with E-state index in [1.807, 2.05) is 0 Å². The quantitative estimate of drug-likeness (QED) is 0.756. The number of carbonyl (C=O) groups is 2. The van der Waals surface area contributed by atoms with Crippen molar-refractivity contribution in [3.8, 4) is 0 Å². The summed E-state index contributed by atoms with van der Waals surface area (Å²) in [6, 6.07) is 0. The fourth-order valence-electron chi connectivity index (χ4n) is 2.70. The molecule has 2 aliphatic heterocycles. The third kappa shape index (κ3) is 3.87. The molecule has 2 aliphatic rings. The first-order valence-electron chi connectivity index (χ1n) is 6.52. The zero-order valence-corrected chi connectivity index (χ0v) is 10.4. The Labute approximate surface area is 106 Å². The van der Waals surface area contributed by atoms with Crippen molar-refractivity contribution < 1.29 is 19.4 Å². The largest absolute Gasteiger partial charge is 0.481 e. The minimum atomic E-state index is -0.721. The number of hydrogen-bond acceptors (Lipinski definition) is 4. The smallest absolute Gasteiger partial charge is 0.407 e. The molecule has 6 heteroatoms. The third-order valence-corrected chi connectivity index (χ3v) is 3.58. The normalized spacial score (nSPS) is 28.8. The molecule has 0 bridgehead atoms. The van der Waals surface area contributed by atoms with Gasteiger partial charge in [0.15, 0.2) is 0 Å². The van der Waals surface area contributed by atoms with Crippen LogP contribution in [0.2, 0.25) is 0 Å². The van der Waals surface area contributed by atoms with Crippen LogP contribution < -0.4 is 5.32 Å². The van der Waals surface area contributed by atoms with E-state index in [-0.39, 0.29) is 18.6 Å². The summed E-state index contributed by atoms with van der Waals surface area (Å²) in [5.74, 6) is -0.263. The highest BCUT2D eigenvalue weighted by Crippen LogP contribution is 2.21. The molecule has 0 spiro atoms. The second kappa shape index (κ2) is 6.04. The standard InChI is InChI=1S/C12H20N2O4/c15-11(16)4-3-9-2-1-5-14(7-9)8-10-6-13-12(17)18-10/h9-10H,1-8H2,(H,13,17)(H,15,16). The van der Waals surface area contributed by atoms with E-state index in [9.17, 15) is 9.59 Å². The zero-order chi connectivity index (χ0) is 13.0. The first-order valence-corrected chi connectivity index (χ1v) is 6.52. The van der Waals surface area contributed by atoms with Gasteiger partial charge < -0.3 is 15.2 Å². The topological polar surface area (TPSA) is 78.9 Å². The summed E-state index contributed by atoms with van der Waals surface area (Å²) in [5.41, 5.74) is 0. The Hall–Kier alpha value is -1.30. The number of carbonyl (C=O) groups excluding carboxylic acids is 1. The van der Waals surface area contributed by atoms with Crippen molar-refractivity contribution in [2.75, 3.05) is 26.2 Å². The summed E-state index contributed by atoms with van der Waals surface area (Å²) in [6.45, 7) is 3.26. The van der Waals surface area contributed by atoms with Crippen molar-refractivity contribution in [1.29, 1.82) is 0 Å². The Balaban J connectivity index is 1.72. The molecule has 18 heavy (non-hydrogen) atoms. The Morgan fingerprint density at radius 3 is 3.06 bits per heavy atom. The molecule has 2 atom stereocenters. The lowest BCUT2D eigenvalue weighted by Gasteiger charge is -2.33. The number of carboxylic acids is 1. The van der Waals surface area contributed by atoms with Crippen molar-refractivity contribution >= 4 is 12.1 Å². The Morgan fingerprint density at radius 1 is 1.56 bits per heavy atom. The maximum Gasteiger partial charge on any atom is 0.407 e. The average molecular weight is 256 g/mol. The molecule has 0 saturated carbocycles. The first-order chi connectivity index (χ1) is 8.63. The molecule has 0 aromatic carbocycles. The Bertz CT molecular complexity index is 321. The second-order valence-corrected chi connectivity index (χ2v) is 5.11. The van der Waals surface area contributed by atoms with E-state index in [1.165, 1.54) is 0 Å². The predicted molar refractivity (Wildman–Crippen MR) is 64.3 cm³/mol. The minimum absolute atomic E-state index is 0.0595. The number of nitrogens with one attached hydrogen (secondary N) is 1. The van der Waals surface area contributed by atoms with Gasteiger partial charge in [0.1, 0.15) is 6.10 Å². The van der Waals surface area contributed by atoms with Crippen LogP contribution in [0.5, 0.6) is 0 Å². The van der Waals surface area contributed by atoms with Crippen LogP contribution in [0, 0.1) is 5.92 Å². The van der Waals surface area contributed by atoms with Gasteiger partial charge >= 0.3 is 12.1 Å². The molecule has 2 unspecified atom stereocenters. The van der Waals surface area contributed by atoms with Crippen molar-refractivity contribution in [1.82, 2.24) is 10.2 Å². The third-order valence-electron chi connectivity index (χ3n) is 3.58. The van der Waals surface area contributed by atoms with Gasteiger partial charge in [-0.15, -0.1) is 0 Å². The number of ether oxygens (including phenoxy) is 1. The molecule has 102 valence electrons. The van der Waals surface area contributed by atoms with Gasteiger partial charge in [-0.1, -0.05) is 0 Å². The minimum Gasteiger partial charge on any atom is -0.481 e. The van der Waals surface area contributed by atoms with E-state index in [0.29, 0.717) is 12.5 Å². The highest BCUT2D eigenvalue weighted by molar-refractivity contribution is 5.69. The number of aliphatic carboxylic acids is 1. The molecule has 2 saturated heterocycles. The lowest BCUT2D eigenvalue weighted by molar-refractivity contribution is -0.137. The van der Waals surface area contributed by atoms with Crippen LogP contribution in [0.4, 0.5) is 4.79 Å². The van der Waals surface area contributed by atoms with Crippen molar-refractivity contribution in [2.24, 2.45) is 5.92 Å². The molecule has 1 amide bonds. The molecule has 2 fully saturated rings. The molecule has 2 N–H and O–H groups in total. The van der Waals surface area contributed by atoms with Gasteiger partial charge in [-0.05, 0) is 31.7 Å². The number of cyclic esters (lactones) is 1. The summed E-state index contributed by atoms with van der Waals surface area (Å²) in [7, 11) is 0. The van der Waals surface area contributed by atoms with E-state index >= 15 is 0 Å². The van der Waals surface area contributed by atoms with Gasteiger partial charge in [0.2, 0.25) is 0 Å². The molecular weight excluding hydrogens is 236 g/mol. The van der Waals surface area contributed by atoms with Crippen LogP contribution in [0.1, 0.15) is 25.7 Å². The molecule has 0 aromatic heterocycles. The molecular formula is C12H20N2O4. The number of amides is 1. The summed E-state index contributed by atoms with van der Waals surface area (Å²) in [4.78, 5) is 23.8. The molecule has 0 aliphatic carbocycles. The summed E-state index contributed by atoms with van der Waals surface area (Å²) in [5, 5.41) is 11.3. The van der Waals surface area contributed by atoms with Crippen molar-refractivity contribution in [2.45, 2.75) is 31.8 Å². The van der Waals surface area contributed by atoms with Gasteiger partial charge in [0, 0.05) is 19.5 Å². The Kier molecular flexibility index (Phi) is 4.41. The van der Waals surface area contributed by atoms with Gasteiger partial charge in [-0.3, -0.25) is 9.69 Å². The summed E-state index contributed by atoms with van der Waals surface area (Å²) < 4.78 is 5.11. The van der Waals surface area contributed by atoms with Crippen LogP contribution in [-0.2, 0) is 9.53 Å². The zero-order valence-electron chi connectivity index (χ0n) is 10.4. The van der Waals surface area contributed by atoms with E-state index in [1.54, 1.807) is 0 Å². The van der Waals surface area contributed by atoms with Crippen LogP contribution in [0.15, 0.2) is 0 Å². The van der Waals surface area contributed by atoms with Gasteiger partial charge in [0.05, 0.1) is 6.54 Å². The maximum atomic E-state index is 10.9. The fraction of sp³-hybridized carbons (Fsp3) is 0.833. The van der Waals surface area contributed by atoms with E-state index in [2.05, 4.69) is 10.2 Å². The Morgan fingerprint density at radius 2 is 2.39 bits per heavy atom. The monoisotopic (exact) mass is 256 g/mol. The number of piperidine rings is 1. The lowest BCUT2D eigenvalue weighted by Crippen LogP contribution is -2.41. The number of likely N-dealkylation sites (tertiary alicyclic amines) is 1. The molecule has 2 heterocycles. The highest BCUT2D eigenvalue weighted by atomic mass is 16.6. The van der Waals surface area contributed by atoms with E-state index in [0.717, 1.165) is 38.9 Å². The SMILES string of the molecule is O=C(O)CCC1CCCN(CC2CNC(=O)O2)C1. The van der Waals surface area contributed by atoms with Crippen LogP contribution in [0.3, 0.4) is 0 Å². The lowest BCUT2D eigenvalue weighted by atomic mass is 9.93. The molecule has 0 aromatic rings. The number of alkyl carbamates (subject to hydrolysis) is 1. The van der Waals surface area contributed by atoms with Crippen molar-refractivity contribution in [3.05, 3.63) is 0 Å². The van der Waals surface area contributed by atoms with Crippen LogP contribution >= 0.6 is 0 Å². The number of carboxylic acid groups (broad SMARTS) is 1. The second-order valence-electron chi connectivity index (χ2n) is 5.11. The number of nitrogens with zero attached hydrogens (tertiary/aromatic N) is 1. The fourth-order valence-corrected chi connectivity index (χ4v) is 2.70.